The van der Waals surface area contributed by atoms with Gasteiger partial charge in [-0.05, 0) is 26.9 Å². The number of aliphatic hydroxyl groups is 1. The molecule has 0 aliphatic heterocycles. The maximum absolute atomic E-state index is 11.2. The summed E-state index contributed by atoms with van der Waals surface area (Å²) in [7, 11) is 0. The van der Waals surface area contributed by atoms with Gasteiger partial charge in [0.15, 0.2) is 0 Å². The molecule has 0 heterocycles. The third-order valence-corrected chi connectivity index (χ3v) is 2.16. The molecule has 0 saturated carbocycles. The minimum atomic E-state index is -1.27. The molecular formula is C10H22N2O2. The van der Waals surface area contributed by atoms with E-state index in [9.17, 15) is 9.90 Å². The predicted octanol–water partition coefficient (Wildman–Crippen LogP) is 0.215. The Hall–Kier alpha value is -0.610. The second-order valence-corrected chi connectivity index (χ2v) is 3.84. The van der Waals surface area contributed by atoms with Gasteiger partial charge >= 0.3 is 0 Å². The standard InChI is InChI=1S/C10H22N2O2/c1-5-12(6-2)8-7-11-9(13)10(3,4)14/h14H,5-8H2,1-4H3,(H,11,13). The first kappa shape index (κ1) is 13.4. The fraction of sp³-hybridized carbons (Fsp3) is 0.900. The van der Waals surface area contributed by atoms with Crippen LogP contribution in [0.15, 0.2) is 0 Å². The molecule has 0 aliphatic rings. The van der Waals surface area contributed by atoms with E-state index in [0.717, 1.165) is 19.6 Å². The summed E-state index contributed by atoms with van der Waals surface area (Å²) >= 11 is 0. The molecule has 4 nitrogen and oxygen atoms in total. The van der Waals surface area contributed by atoms with Crippen molar-refractivity contribution in [3.63, 3.8) is 0 Å². The lowest BCUT2D eigenvalue weighted by molar-refractivity contribution is -0.136. The van der Waals surface area contributed by atoms with Crippen molar-refractivity contribution in [1.29, 1.82) is 0 Å². The summed E-state index contributed by atoms with van der Waals surface area (Å²) in [6.07, 6.45) is 0. The van der Waals surface area contributed by atoms with Crippen LogP contribution in [0, 0.1) is 0 Å². The zero-order chi connectivity index (χ0) is 11.2. The van der Waals surface area contributed by atoms with Gasteiger partial charge in [0.05, 0.1) is 0 Å². The third kappa shape index (κ3) is 5.19. The molecule has 0 saturated heterocycles. The number of likely N-dealkylation sites (N-methyl/N-ethyl adjacent to an activating group) is 1. The van der Waals surface area contributed by atoms with E-state index in [1.54, 1.807) is 0 Å². The van der Waals surface area contributed by atoms with Gasteiger partial charge in [0, 0.05) is 13.1 Å². The van der Waals surface area contributed by atoms with Crippen LogP contribution in [-0.2, 0) is 4.79 Å². The first-order valence-corrected chi connectivity index (χ1v) is 5.14. The molecule has 0 radical (unpaired) electrons. The number of hydrogen-bond donors (Lipinski definition) is 2. The summed E-state index contributed by atoms with van der Waals surface area (Å²) in [4.78, 5) is 13.5. The highest BCUT2D eigenvalue weighted by Gasteiger charge is 2.22. The van der Waals surface area contributed by atoms with Crippen molar-refractivity contribution in [2.45, 2.75) is 33.3 Å². The zero-order valence-corrected chi connectivity index (χ0v) is 9.63. The number of rotatable bonds is 6. The zero-order valence-electron chi connectivity index (χ0n) is 9.63. The van der Waals surface area contributed by atoms with Gasteiger partial charge < -0.3 is 15.3 Å². The normalized spacial score (nSPS) is 11.9. The van der Waals surface area contributed by atoms with Gasteiger partial charge in [-0.15, -0.1) is 0 Å². The molecule has 2 N–H and O–H groups in total. The van der Waals surface area contributed by atoms with E-state index >= 15 is 0 Å². The fourth-order valence-electron chi connectivity index (χ4n) is 1.08. The Morgan fingerprint density at radius 1 is 1.36 bits per heavy atom. The lowest BCUT2D eigenvalue weighted by Crippen LogP contribution is -2.44. The molecule has 0 atom stereocenters. The third-order valence-electron chi connectivity index (χ3n) is 2.16. The number of carbonyl (C=O) groups excluding carboxylic acids is 1. The van der Waals surface area contributed by atoms with Crippen LogP contribution in [0.5, 0.6) is 0 Å². The fourth-order valence-corrected chi connectivity index (χ4v) is 1.08. The van der Waals surface area contributed by atoms with Crippen molar-refractivity contribution >= 4 is 5.91 Å². The molecule has 84 valence electrons. The van der Waals surface area contributed by atoms with Crippen LogP contribution in [0.3, 0.4) is 0 Å². The summed E-state index contributed by atoms with van der Waals surface area (Å²) in [5, 5.41) is 12.0. The number of nitrogens with one attached hydrogen (secondary N) is 1. The minimum Gasteiger partial charge on any atom is -0.381 e. The summed E-state index contributed by atoms with van der Waals surface area (Å²) in [6.45, 7) is 10.5. The minimum absolute atomic E-state index is 0.315. The van der Waals surface area contributed by atoms with Gasteiger partial charge in [0.1, 0.15) is 5.60 Å². The number of hydrogen-bond acceptors (Lipinski definition) is 3. The Labute approximate surface area is 86.3 Å². The van der Waals surface area contributed by atoms with E-state index in [4.69, 9.17) is 0 Å². The topological polar surface area (TPSA) is 52.6 Å². The molecule has 0 aliphatic carbocycles. The molecule has 0 fully saturated rings. The van der Waals surface area contributed by atoms with Crippen LogP contribution < -0.4 is 5.32 Å². The average molecular weight is 202 g/mol. The Kier molecular flexibility index (Phi) is 5.72. The van der Waals surface area contributed by atoms with E-state index in [1.807, 2.05) is 0 Å². The lowest BCUT2D eigenvalue weighted by Gasteiger charge is -2.20. The predicted molar refractivity (Wildman–Crippen MR) is 57.1 cm³/mol. The smallest absolute Gasteiger partial charge is 0.251 e. The van der Waals surface area contributed by atoms with E-state index in [-0.39, 0.29) is 5.91 Å². The van der Waals surface area contributed by atoms with Gasteiger partial charge in [-0.25, -0.2) is 0 Å². The van der Waals surface area contributed by atoms with Crippen LogP contribution >= 0.6 is 0 Å². The van der Waals surface area contributed by atoms with Crippen LogP contribution in [0.2, 0.25) is 0 Å². The molecule has 0 aromatic carbocycles. The molecule has 0 aromatic heterocycles. The largest absolute Gasteiger partial charge is 0.381 e. The Morgan fingerprint density at radius 2 is 1.86 bits per heavy atom. The number of nitrogens with zero attached hydrogens (tertiary/aromatic N) is 1. The summed E-state index contributed by atoms with van der Waals surface area (Å²) in [5.41, 5.74) is -1.27. The highest BCUT2D eigenvalue weighted by Crippen LogP contribution is 1.99. The van der Waals surface area contributed by atoms with Crippen LogP contribution in [0.4, 0.5) is 0 Å². The molecule has 14 heavy (non-hydrogen) atoms. The summed E-state index contributed by atoms with van der Waals surface area (Å²) in [5.74, 6) is -0.315. The maximum Gasteiger partial charge on any atom is 0.251 e. The van der Waals surface area contributed by atoms with E-state index in [1.165, 1.54) is 13.8 Å². The molecule has 0 spiro atoms. The van der Waals surface area contributed by atoms with E-state index in [2.05, 4.69) is 24.1 Å². The number of carbonyl (C=O) groups is 1. The van der Waals surface area contributed by atoms with Gasteiger partial charge in [-0.3, -0.25) is 4.79 Å². The van der Waals surface area contributed by atoms with Gasteiger partial charge in [0.25, 0.3) is 5.91 Å². The van der Waals surface area contributed by atoms with Crippen molar-refractivity contribution in [2.75, 3.05) is 26.2 Å². The van der Waals surface area contributed by atoms with Gasteiger partial charge in [-0.1, -0.05) is 13.8 Å². The van der Waals surface area contributed by atoms with Crippen molar-refractivity contribution in [2.24, 2.45) is 0 Å². The van der Waals surface area contributed by atoms with Crippen LogP contribution in [0.1, 0.15) is 27.7 Å². The molecule has 4 heteroatoms. The summed E-state index contributed by atoms with van der Waals surface area (Å²) < 4.78 is 0. The second kappa shape index (κ2) is 5.98. The highest BCUT2D eigenvalue weighted by atomic mass is 16.3. The van der Waals surface area contributed by atoms with E-state index in [0.29, 0.717) is 6.54 Å². The maximum atomic E-state index is 11.2. The van der Waals surface area contributed by atoms with Crippen molar-refractivity contribution in [1.82, 2.24) is 10.2 Å². The quantitative estimate of drug-likeness (QED) is 0.647. The molecule has 1 amide bonds. The molecular weight excluding hydrogens is 180 g/mol. The average Bonchev–Trinajstić information content (AvgIpc) is 2.10. The molecule has 0 unspecified atom stereocenters. The molecule has 0 rings (SSSR count). The summed E-state index contributed by atoms with van der Waals surface area (Å²) in [6, 6.07) is 0. The SMILES string of the molecule is CCN(CC)CCNC(=O)C(C)(C)O. The molecule has 0 aromatic rings. The van der Waals surface area contributed by atoms with Crippen LogP contribution in [0.25, 0.3) is 0 Å². The first-order chi connectivity index (χ1) is 6.41. The van der Waals surface area contributed by atoms with Gasteiger partial charge in [0.2, 0.25) is 0 Å². The van der Waals surface area contributed by atoms with E-state index < -0.39 is 5.60 Å². The van der Waals surface area contributed by atoms with Crippen LogP contribution in [-0.4, -0.2) is 47.7 Å². The Balaban J connectivity index is 3.69. The lowest BCUT2D eigenvalue weighted by atomic mass is 10.1. The second-order valence-electron chi connectivity index (χ2n) is 3.84. The Morgan fingerprint density at radius 3 is 2.21 bits per heavy atom. The van der Waals surface area contributed by atoms with Crippen molar-refractivity contribution in [3.8, 4) is 0 Å². The van der Waals surface area contributed by atoms with Crippen molar-refractivity contribution < 1.29 is 9.90 Å². The number of amides is 1. The van der Waals surface area contributed by atoms with Gasteiger partial charge in [-0.2, -0.15) is 0 Å². The first-order valence-electron chi connectivity index (χ1n) is 5.14. The monoisotopic (exact) mass is 202 g/mol. The Bertz CT molecular complexity index is 171. The molecule has 0 bridgehead atoms. The highest BCUT2D eigenvalue weighted by molar-refractivity contribution is 5.83. The van der Waals surface area contributed by atoms with Crippen molar-refractivity contribution in [3.05, 3.63) is 0 Å².